The Hall–Kier alpha value is -2.40. The Labute approximate surface area is 142 Å². The van der Waals surface area contributed by atoms with Crippen LogP contribution in [0.5, 0.6) is 0 Å². The molecular formula is C18H21N3OS. The van der Waals surface area contributed by atoms with Crippen LogP contribution in [0.4, 0.5) is 0 Å². The topological polar surface area (TPSA) is 53.2 Å². The van der Waals surface area contributed by atoms with Crippen LogP contribution in [0.15, 0.2) is 60.7 Å². The van der Waals surface area contributed by atoms with E-state index in [4.69, 9.17) is 12.2 Å². The molecule has 3 N–H and O–H groups in total. The van der Waals surface area contributed by atoms with Gasteiger partial charge in [-0.3, -0.25) is 15.6 Å². The normalized spacial score (nSPS) is 10.4. The largest absolute Gasteiger partial charge is 0.359 e. The number of amides is 1. The Morgan fingerprint density at radius 1 is 0.870 bits per heavy atom. The van der Waals surface area contributed by atoms with Crippen molar-refractivity contribution in [3.63, 3.8) is 0 Å². The highest BCUT2D eigenvalue weighted by Crippen LogP contribution is 2.24. The lowest BCUT2D eigenvalue weighted by molar-refractivity contribution is -0.122. The fraction of sp³-hybridized carbons (Fsp3) is 0.222. The lowest BCUT2D eigenvalue weighted by atomic mass is 9.91. The van der Waals surface area contributed by atoms with E-state index in [2.05, 4.69) is 16.2 Å². The van der Waals surface area contributed by atoms with E-state index in [-0.39, 0.29) is 11.9 Å². The first-order valence-corrected chi connectivity index (χ1v) is 7.95. The molecule has 0 atom stereocenters. The van der Waals surface area contributed by atoms with Crippen LogP contribution in [-0.4, -0.2) is 17.1 Å². The second kappa shape index (κ2) is 8.29. The Morgan fingerprint density at radius 3 is 1.78 bits per heavy atom. The maximum absolute atomic E-state index is 12.7. The minimum Gasteiger partial charge on any atom is -0.359 e. The molecule has 2 rings (SSSR count). The minimum atomic E-state index is -0.397. The smallest absolute Gasteiger partial charge is 0.250 e. The van der Waals surface area contributed by atoms with Crippen LogP contribution in [0.3, 0.4) is 0 Å². The van der Waals surface area contributed by atoms with Gasteiger partial charge in [0, 0.05) is 6.04 Å². The van der Waals surface area contributed by atoms with Crippen molar-refractivity contribution in [3.05, 3.63) is 71.8 Å². The van der Waals surface area contributed by atoms with E-state index in [1.165, 1.54) is 0 Å². The average molecular weight is 327 g/mol. The van der Waals surface area contributed by atoms with Gasteiger partial charge in [0.25, 0.3) is 0 Å². The van der Waals surface area contributed by atoms with Gasteiger partial charge in [-0.2, -0.15) is 0 Å². The van der Waals surface area contributed by atoms with Gasteiger partial charge in [-0.1, -0.05) is 60.7 Å². The first kappa shape index (κ1) is 17.0. The highest BCUT2D eigenvalue weighted by Gasteiger charge is 2.22. The summed E-state index contributed by atoms with van der Waals surface area (Å²) in [6.45, 7) is 3.96. The highest BCUT2D eigenvalue weighted by atomic mass is 32.1. The summed E-state index contributed by atoms with van der Waals surface area (Å²) in [5.41, 5.74) is 7.31. The zero-order chi connectivity index (χ0) is 16.7. The molecule has 0 aliphatic carbocycles. The number of hydrogen-bond donors (Lipinski definition) is 3. The predicted octanol–water partition coefficient (Wildman–Crippen LogP) is 2.72. The minimum absolute atomic E-state index is 0.157. The summed E-state index contributed by atoms with van der Waals surface area (Å²) in [7, 11) is 0. The number of carbonyl (C=O) groups is 1. The van der Waals surface area contributed by atoms with Gasteiger partial charge in [0.2, 0.25) is 5.91 Å². The summed E-state index contributed by atoms with van der Waals surface area (Å²) in [5.74, 6) is -0.554. The second-order valence-corrected chi connectivity index (χ2v) is 5.91. The van der Waals surface area contributed by atoms with Crippen molar-refractivity contribution in [2.75, 3.05) is 0 Å². The van der Waals surface area contributed by atoms with Gasteiger partial charge < -0.3 is 5.32 Å². The summed E-state index contributed by atoms with van der Waals surface area (Å²) < 4.78 is 0. The van der Waals surface area contributed by atoms with E-state index >= 15 is 0 Å². The molecule has 0 unspecified atom stereocenters. The molecule has 2 aromatic carbocycles. The van der Waals surface area contributed by atoms with E-state index in [0.717, 1.165) is 11.1 Å². The Balaban J connectivity index is 2.15. The van der Waals surface area contributed by atoms with Gasteiger partial charge in [-0.05, 0) is 37.2 Å². The first-order valence-electron chi connectivity index (χ1n) is 7.54. The predicted molar refractivity (Wildman–Crippen MR) is 96.9 cm³/mol. The number of benzene rings is 2. The van der Waals surface area contributed by atoms with E-state index in [1.807, 2.05) is 74.5 Å². The van der Waals surface area contributed by atoms with Crippen molar-refractivity contribution < 1.29 is 4.79 Å². The number of hydrazine groups is 1. The molecular weight excluding hydrogens is 306 g/mol. The quantitative estimate of drug-likeness (QED) is 0.597. The van der Waals surface area contributed by atoms with E-state index in [0.29, 0.717) is 5.11 Å². The van der Waals surface area contributed by atoms with Crippen molar-refractivity contribution in [3.8, 4) is 0 Å². The van der Waals surface area contributed by atoms with Crippen LogP contribution in [0.1, 0.15) is 30.9 Å². The Morgan fingerprint density at radius 2 is 1.35 bits per heavy atom. The molecule has 23 heavy (non-hydrogen) atoms. The fourth-order valence-corrected chi connectivity index (χ4v) is 2.56. The molecule has 0 bridgehead atoms. The van der Waals surface area contributed by atoms with Crippen molar-refractivity contribution in [1.29, 1.82) is 0 Å². The monoisotopic (exact) mass is 327 g/mol. The molecule has 0 fully saturated rings. The summed E-state index contributed by atoms with van der Waals surface area (Å²) in [4.78, 5) is 12.7. The molecule has 0 aromatic heterocycles. The van der Waals surface area contributed by atoms with Crippen LogP contribution in [0, 0.1) is 0 Å². The number of carbonyl (C=O) groups excluding carboxylic acids is 1. The highest BCUT2D eigenvalue weighted by molar-refractivity contribution is 7.80. The molecule has 0 heterocycles. The summed E-state index contributed by atoms with van der Waals surface area (Å²) in [6.07, 6.45) is 0. The maximum atomic E-state index is 12.7. The number of rotatable bonds is 4. The lowest BCUT2D eigenvalue weighted by Gasteiger charge is -2.19. The van der Waals surface area contributed by atoms with Gasteiger partial charge in [0.15, 0.2) is 5.11 Å². The number of thiocarbonyl (C=S) groups is 1. The third kappa shape index (κ3) is 5.07. The Bertz CT molecular complexity index is 604. The molecule has 4 nitrogen and oxygen atoms in total. The fourth-order valence-electron chi connectivity index (χ4n) is 2.27. The lowest BCUT2D eigenvalue weighted by Crippen LogP contribution is -2.49. The molecule has 2 aromatic rings. The molecule has 0 saturated carbocycles. The molecule has 0 spiro atoms. The number of nitrogens with one attached hydrogen (secondary N) is 3. The van der Waals surface area contributed by atoms with Crippen molar-refractivity contribution in [2.24, 2.45) is 0 Å². The molecule has 120 valence electrons. The van der Waals surface area contributed by atoms with Crippen molar-refractivity contribution >= 4 is 23.2 Å². The van der Waals surface area contributed by atoms with Gasteiger partial charge >= 0.3 is 0 Å². The van der Waals surface area contributed by atoms with Gasteiger partial charge in [-0.15, -0.1) is 0 Å². The summed E-state index contributed by atoms with van der Waals surface area (Å²) >= 11 is 5.13. The zero-order valence-electron chi connectivity index (χ0n) is 13.2. The van der Waals surface area contributed by atoms with Crippen LogP contribution in [-0.2, 0) is 4.79 Å². The molecule has 1 amide bonds. The van der Waals surface area contributed by atoms with Gasteiger partial charge in [0.05, 0.1) is 5.92 Å². The third-order valence-electron chi connectivity index (χ3n) is 3.25. The van der Waals surface area contributed by atoms with E-state index < -0.39 is 5.92 Å². The maximum Gasteiger partial charge on any atom is 0.250 e. The molecule has 5 heteroatoms. The summed E-state index contributed by atoms with van der Waals surface area (Å²) in [6, 6.07) is 19.6. The van der Waals surface area contributed by atoms with Crippen molar-refractivity contribution in [2.45, 2.75) is 25.8 Å². The van der Waals surface area contributed by atoms with Crippen molar-refractivity contribution in [1.82, 2.24) is 16.2 Å². The van der Waals surface area contributed by atoms with Gasteiger partial charge in [-0.25, -0.2) is 0 Å². The SMILES string of the molecule is CC(C)NC(=S)NNC(=O)C(c1ccccc1)c1ccccc1. The van der Waals surface area contributed by atoms with Crippen LogP contribution in [0.2, 0.25) is 0 Å². The summed E-state index contributed by atoms with van der Waals surface area (Å²) in [5, 5.41) is 3.42. The van der Waals surface area contributed by atoms with E-state index in [1.54, 1.807) is 0 Å². The average Bonchev–Trinajstić information content (AvgIpc) is 2.55. The molecule has 0 aliphatic rings. The second-order valence-electron chi connectivity index (χ2n) is 5.50. The van der Waals surface area contributed by atoms with Crippen LogP contribution < -0.4 is 16.2 Å². The Kier molecular flexibility index (Phi) is 6.11. The molecule has 0 radical (unpaired) electrons. The molecule has 0 aliphatic heterocycles. The standard InChI is InChI=1S/C18H21N3OS/c1-13(2)19-18(23)21-20-17(22)16(14-9-5-3-6-10-14)15-11-7-4-8-12-15/h3-13,16H,1-2H3,(H,20,22)(H2,19,21,23). The van der Waals surface area contributed by atoms with Crippen LogP contribution in [0.25, 0.3) is 0 Å². The third-order valence-corrected chi connectivity index (χ3v) is 3.47. The first-order chi connectivity index (χ1) is 11.1. The van der Waals surface area contributed by atoms with E-state index in [9.17, 15) is 4.79 Å². The van der Waals surface area contributed by atoms with Gasteiger partial charge in [0.1, 0.15) is 0 Å². The number of hydrogen-bond acceptors (Lipinski definition) is 2. The molecule has 0 saturated heterocycles. The zero-order valence-corrected chi connectivity index (χ0v) is 14.1. The van der Waals surface area contributed by atoms with Crippen LogP contribution >= 0.6 is 12.2 Å².